The predicted molar refractivity (Wildman–Crippen MR) is 58.0 cm³/mol. The lowest BCUT2D eigenvalue weighted by Crippen LogP contribution is -2.34. The molecule has 0 aliphatic carbocycles. The van der Waals surface area contributed by atoms with Crippen molar-refractivity contribution in [2.75, 3.05) is 24.6 Å². The van der Waals surface area contributed by atoms with Crippen molar-refractivity contribution in [1.82, 2.24) is 4.90 Å². The van der Waals surface area contributed by atoms with Crippen LogP contribution < -0.4 is 0 Å². The lowest BCUT2D eigenvalue weighted by Gasteiger charge is -2.25. The lowest BCUT2D eigenvalue weighted by atomic mass is 10.2. The fourth-order valence-corrected chi connectivity index (χ4v) is 2.63. The van der Waals surface area contributed by atoms with E-state index < -0.39 is 0 Å². The van der Waals surface area contributed by atoms with Crippen LogP contribution in [0.1, 0.15) is 13.3 Å². The number of thioether (sulfide) groups is 1. The van der Waals surface area contributed by atoms with Gasteiger partial charge >= 0.3 is 0 Å². The molecule has 0 bridgehead atoms. The van der Waals surface area contributed by atoms with E-state index in [0.717, 1.165) is 18.1 Å². The summed E-state index contributed by atoms with van der Waals surface area (Å²) in [5, 5.41) is 0.758. The summed E-state index contributed by atoms with van der Waals surface area (Å²) < 4.78 is 0. The van der Waals surface area contributed by atoms with Gasteiger partial charge in [-0.25, -0.2) is 0 Å². The average molecular weight is 206 g/mol. The minimum absolute atomic E-state index is 0.662. The Morgan fingerprint density at radius 1 is 1.67 bits per heavy atom. The van der Waals surface area contributed by atoms with Gasteiger partial charge in [0.1, 0.15) is 0 Å². The first-order valence-corrected chi connectivity index (χ1v) is 5.88. The molecule has 1 aliphatic heterocycles. The molecule has 0 aromatic rings. The van der Waals surface area contributed by atoms with Gasteiger partial charge in [0, 0.05) is 29.9 Å². The van der Waals surface area contributed by atoms with Gasteiger partial charge in [0.05, 0.1) is 0 Å². The maximum Gasteiger partial charge on any atom is 0.0338 e. The molecular formula is C9H16ClNS. The number of rotatable bonds is 2. The highest BCUT2D eigenvalue weighted by molar-refractivity contribution is 7.99. The number of hydrogen-bond acceptors (Lipinski definition) is 2. The van der Waals surface area contributed by atoms with Gasteiger partial charge in [-0.3, -0.25) is 4.90 Å². The molecule has 0 saturated carbocycles. The van der Waals surface area contributed by atoms with Crippen LogP contribution in [0.25, 0.3) is 0 Å². The number of nitrogens with zero attached hydrogens (tertiary/aromatic N) is 1. The summed E-state index contributed by atoms with van der Waals surface area (Å²) in [6.45, 7) is 8.00. The van der Waals surface area contributed by atoms with E-state index in [9.17, 15) is 0 Å². The first kappa shape index (κ1) is 10.4. The van der Waals surface area contributed by atoms with Gasteiger partial charge in [0.15, 0.2) is 0 Å². The smallest absolute Gasteiger partial charge is 0.0338 e. The van der Waals surface area contributed by atoms with Crippen molar-refractivity contribution in [2.45, 2.75) is 19.4 Å². The first-order valence-electron chi connectivity index (χ1n) is 4.35. The predicted octanol–water partition coefficient (Wildman–Crippen LogP) is 2.57. The van der Waals surface area contributed by atoms with Crippen molar-refractivity contribution >= 4 is 23.4 Å². The summed E-state index contributed by atoms with van der Waals surface area (Å²) in [6.07, 6.45) is 1.27. The first-order chi connectivity index (χ1) is 5.70. The van der Waals surface area contributed by atoms with Crippen LogP contribution in [0.5, 0.6) is 0 Å². The maximum atomic E-state index is 5.79. The Bertz CT molecular complexity index is 161. The zero-order valence-electron chi connectivity index (χ0n) is 7.55. The molecule has 1 rings (SSSR count). The molecule has 1 heterocycles. The van der Waals surface area contributed by atoms with Gasteiger partial charge in [0.25, 0.3) is 0 Å². The molecule has 3 heteroatoms. The number of hydrogen-bond donors (Lipinski definition) is 0. The van der Waals surface area contributed by atoms with Crippen LogP contribution in [0.3, 0.4) is 0 Å². The van der Waals surface area contributed by atoms with E-state index >= 15 is 0 Å². The lowest BCUT2D eigenvalue weighted by molar-refractivity contribution is 0.243. The van der Waals surface area contributed by atoms with Gasteiger partial charge in [-0.15, -0.1) is 0 Å². The zero-order chi connectivity index (χ0) is 8.97. The maximum absolute atomic E-state index is 5.79. The largest absolute Gasteiger partial charge is 0.295 e. The fourth-order valence-electron chi connectivity index (χ4n) is 1.40. The van der Waals surface area contributed by atoms with Crippen molar-refractivity contribution in [3.05, 3.63) is 11.6 Å². The molecule has 0 aromatic carbocycles. The molecule has 0 spiro atoms. The van der Waals surface area contributed by atoms with Crippen LogP contribution in [0, 0.1) is 0 Å². The zero-order valence-corrected chi connectivity index (χ0v) is 9.13. The van der Waals surface area contributed by atoms with Crippen LogP contribution in [-0.2, 0) is 0 Å². The molecule has 1 fully saturated rings. The Morgan fingerprint density at radius 3 is 3.08 bits per heavy atom. The van der Waals surface area contributed by atoms with Gasteiger partial charge in [-0.1, -0.05) is 18.2 Å². The van der Waals surface area contributed by atoms with E-state index in [0.29, 0.717) is 6.04 Å². The van der Waals surface area contributed by atoms with Crippen LogP contribution in [0.4, 0.5) is 0 Å². The Morgan fingerprint density at radius 2 is 2.42 bits per heavy atom. The third-order valence-electron chi connectivity index (χ3n) is 2.20. The van der Waals surface area contributed by atoms with E-state index in [2.05, 4.69) is 18.4 Å². The van der Waals surface area contributed by atoms with E-state index in [1.54, 1.807) is 0 Å². The molecule has 1 aliphatic rings. The topological polar surface area (TPSA) is 3.24 Å². The van der Waals surface area contributed by atoms with Crippen molar-refractivity contribution in [3.8, 4) is 0 Å². The highest BCUT2D eigenvalue weighted by Gasteiger charge is 2.16. The number of halogens is 1. The van der Waals surface area contributed by atoms with E-state index in [1.807, 2.05) is 11.8 Å². The fraction of sp³-hybridized carbons (Fsp3) is 0.778. The third-order valence-corrected chi connectivity index (χ3v) is 3.32. The summed E-state index contributed by atoms with van der Waals surface area (Å²) in [7, 11) is 0. The third kappa shape index (κ3) is 3.38. The van der Waals surface area contributed by atoms with Crippen molar-refractivity contribution in [2.24, 2.45) is 0 Å². The standard InChI is InChI=1S/C9H16ClNS/c1-8(10)7-11-4-6-12-5-3-9(11)2/h9H,1,3-7H2,2H3. The van der Waals surface area contributed by atoms with Crippen molar-refractivity contribution in [3.63, 3.8) is 0 Å². The summed E-state index contributed by atoms with van der Waals surface area (Å²) in [5.41, 5.74) is 0. The monoisotopic (exact) mass is 205 g/mol. The second kappa shape index (κ2) is 5.15. The Kier molecular flexibility index (Phi) is 4.47. The molecule has 1 nitrogen and oxygen atoms in total. The SMILES string of the molecule is C=C(Cl)CN1CCSCCC1C. The summed E-state index contributed by atoms with van der Waals surface area (Å²) in [6, 6.07) is 0.662. The highest BCUT2D eigenvalue weighted by atomic mass is 35.5. The second-order valence-corrected chi connectivity index (χ2v) is 5.00. The summed E-state index contributed by atoms with van der Waals surface area (Å²) in [4.78, 5) is 2.41. The van der Waals surface area contributed by atoms with Gasteiger partial charge in [0.2, 0.25) is 0 Å². The van der Waals surface area contributed by atoms with Crippen LogP contribution in [0.2, 0.25) is 0 Å². The molecule has 1 atom stereocenters. The van der Waals surface area contributed by atoms with Gasteiger partial charge in [-0.05, 0) is 19.1 Å². The van der Waals surface area contributed by atoms with Crippen LogP contribution in [-0.4, -0.2) is 35.5 Å². The van der Waals surface area contributed by atoms with E-state index in [1.165, 1.54) is 17.9 Å². The summed E-state index contributed by atoms with van der Waals surface area (Å²) in [5.74, 6) is 2.51. The van der Waals surface area contributed by atoms with Crippen molar-refractivity contribution in [1.29, 1.82) is 0 Å². The van der Waals surface area contributed by atoms with E-state index in [-0.39, 0.29) is 0 Å². The second-order valence-electron chi connectivity index (χ2n) is 3.24. The normalized spacial score (nSPS) is 26.7. The van der Waals surface area contributed by atoms with Gasteiger partial charge < -0.3 is 0 Å². The minimum atomic E-state index is 0.662. The molecule has 1 saturated heterocycles. The molecule has 0 amide bonds. The highest BCUT2D eigenvalue weighted by Crippen LogP contribution is 2.17. The molecule has 0 radical (unpaired) electrons. The Labute approximate surface area is 84.1 Å². The molecule has 1 unspecified atom stereocenters. The molecule has 0 N–H and O–H groups in total. The van der Waals surface area contributed by atoms with Crippen molar-refractivity contribution < 1.29 is 0 Å². The minimum Gasteiger partial charge on any atom is -0.295 e. The Hall–Kier alpha value is 0.340. The molecule has 12 heavy (non-hydrogen) atoms. The molecule has 0 aromatic heterocycles. The van der Waals surface area contributed by atoms with E-state index in [4.69, 9.17) is 11.6 Å². The van der Waals surface area contributed by atoms with Crippen LogP contribution >= 0.6 is 23.4 Å². The van der Waals surface area contributed by atoms with Gasteiger partial charge in [-0.2, -0.15) is 11.8 Å². The average Bonchev–Trinajstić information content (AvgIpc) is 2.16. The van der Waals surface area contributed by atoms with Crippen LogP contribution in [0.15, 0.2) is 11.6 Å². The molecule has 70 valence electrons. The Balaban J connectivity index is 2.41. The molecular weight excluding hydrogens is 190 g/mol. The quantitative estimate of drug-likeness (QED) is 0.682. The summed E-state index contributed by atoms with van der Waals surface area (Å²) >= 11 is 7.82.